The molecule has 1 unspecified atom stereocenters. The third kappa shape index (κ3) is 3.13. The van der Waals surface area contributed by atoms with Crippen molar-refractivity contribution in [1.82, 2.24) is 5.32 Å². The fourth-order valence-corrected chi connectivity index (χ4v) is 2.68. The highest BCUT2D eigenvalue weighted by molar-refractivity contribution is 5.87. The number of rotatable bonds is 4. The molecule has 0 heterocycles. The van der Waals surface area contributed by atoms with Crippen molar-refractivity contribution >= 4 is 10.8 Å². The van der Waals surface area contributed by atoms with Crippen LogP contribution in [0.25, 0.3) is 10.8 Å². The van der Waals surface area contributed by atoms with Crippen LogP contribution in [0.15, 0.2) is 36.4 Å². The van der Waals surface area contributed by atoms with Gasteiger partial charge in [0.15, 0.2) is 0 Å². The maximum absolute atomic E-state index is 5.36. The molecule has 2 heteroatoms. The molecule has 2 aromatic carbocycles. The summed E-state index contributed by atoms with van der Waals surface area (Å²) in [6, 6.07) is 13.2. The zero-order valence-electron chi connectivity index (χ0n) is 13.2. The minimum atomic E-state index is 0.232. The van der Waals surface area contributed by atoms with Crippen molar-refractivity contribution in [2.24, 2.45) is 5.41 Å². The van der Waals surface area contributed by atoms with Crippen molar-refractivity contribution in [3.63, 3.8) is 0 Å². The summed E-state index contributed by atoms with van der Waals surface area (Å²) < 4.78 is 5.36. The molecule has 0 saturated heterocycles. The number of benzene rings is 2. The van der Waals surface area contributed by atoms with E-state index >= 15 is 0 Å². The monoisotopic (exact) mass is 271 g/mol. The number of likely N-dealkylation sites (N-methyl/N-ethyl adjacent to an activating group) is 1. The Morgan fingerprint density at radius 3 is 2.50 bits per heavy atom. The van der Waals surface area contributed by atoms with E-state index in [1.807, 2.05) is 13.1 Å². The summed E-state index contributed by atoms with van der Waals surface area (Å²) >= 11 is 0. The molecule has 0 aliphatic rings. The third-order valence-corrected chi connectivity index (χ3v) is 4.00. The van der Waals surface area contributed by atoms with E-state index in [0.29, 0.717) is 6.04 Å². The molecule has 0 amide bonds. The quantitative estimate of drug-likeness (QED) is 0.906. The average molecular weight is 271 g/mol. The Morgan fingerprint density at radius 2 is 1.90 bits per heavy atom. The molecule has 2 nitrogen and oxygen atoms in total. The lowest BCUT2D eigenvalue weighted by Gasteiger charge is -2.31. The average Bonchev–Trinajstić information content (AvgIpc) is 2.42. The molecule has 0 bridgehead atoms. The highest BCUT2D eigenvalue weighted by atomic mass is 16.5. The summed E-state index contributed by atoms with van der Waals surface area (Å²) in [5.41, 5.74) is 1.60. The summed E-state index contributed by atoms with van der Waals surface area (Å²) in [4.78, 5) is 0. The first-order chi connectivity index (χ1) is 9.45. The predicted molar refractivity (Wildman–Crippen MR) is 86.5 cm³/mol. The van der Waals surface area contributed by atoms with Crippen molar-refractivity contribution in [1.29, 1.82) is 0 Å². The Balaban J connectivity index is 2.43. The van der Waals surface area contributed by atoms with Gasteiger partial charge in [0.05, 0.1) is 7.11 Å². The number of hydrogen-bond donors (Lipinski definition) is 1. The van der Waals surface area contributed by atoms with Crippen molar-refractivity contribution in [3.8, 4) is 5.75 Å². The van der Waals surface area contributed by atoms with E-state index in [2.05, 4.69) is 56.4 Å². The van der Waals surface area contributed by atoms with Gasteiger partial charge in [-0.3, -0.25) is 0 Å². The number of ether oxygens (including phenoxy) is 1. The molecule has 0 fully saturated rings. The molecule has 2 aromatic rings. The van der Waals surface area contributed by atoms with Gasteiger partial charge >= 0.3 is 0 Å². The van der Waals surface area contributed by atoms with Gasteiger partial charge in [-0.05, 0) is 47.4 Å². The topological polar surface area (TPSA) is 21.3 Å². The van der Waals surface area contributed by atoms with Crippen LogP contribution < -0.4 is 10.1 Å². The lowest BCUT2D eigenvalue weighted by molar-refractivity contribution is 0.280. The maximum atomic E-state index is 5.36. The van der Waals surface area contributed by atoms with E-state index in [1.165, 1.54) is 16.3 Å². The largest absolute Gasteiger partial charge is 0.497 e. The molecular weight excluding hydrogens is 246 g/mol. The van der Waals surface area contributed by atoms with Gasteiger partial charge in [-0.25, -0.2) is 0 Å². The van der Waals surface area contributed by atoms with Crippen LogP contribution >= 0.6 is 0 Å². The molecule has 1 atom stereocenters. The maximum Gasteiger partial charge on any atom is 0.119 e. The van der Waals surface area contributed by atoms with Gasteiger partial charge in [0.2, 0.25) is 0 Å². The minimum Gasteiger partial charge on any atom is -0.497 e. The van der Waals surface area contributed by atoms with Crippen LogP contribution in [-0.2, 0) is 6.42 Å². The Labute approximate surface area is 122 Å². The zero-order chi connectivity index (χ0) is 14.8. The van der Waals surface area contributed by atoms with Crippen molar-refractivity contribution in [2.75, 3.05) is 14.2 Å². The third-order valence-electron chi connectivity index (χ3n) is 4.00. The van der Waals surface area contributed by atoms with Gasteiger partial charge in [0.1, 0.15) is 5.75 Å². The van der Waals surface area contributed by atoms with E-state index < -0.39 is 0 Å². The fourth-order valence-electron chi connectivity index (χ4n) is 2.68. The minimum absolute atomic E-state index is 0.232. The molecule has 2 rings (SSSR count). The molecule has 1 N–H and O–H groups in total. The highest BCUT2D eigenvalue weighted by Crippen LogP contribution is 2.28. The highest BCUT2D eigenvalue weighted by Gasteiger charge is 2.23. The molecule has 108 valence electrons. The smallest absolute Gasteiger partial charge is 0.119 e. The zero-order valence-corrected chi connectivity index (χ0v) is 13.2. The Bertz CT molecular complexity index is 583. The first-order valence-corrected chi connectivity index (χ1v) is 7.18. The standard InChI is InChI=1S/C18H25NO/c1-18(2,3)17(19-4)11-14-8-6-7-13-9-10-15(20-5)12-16(13)14/h6-10,12,17,19H,11H2,1-5H3. The Hall–Kier alpha value is -1.54. The van der Waals surface area contributed by atoms with Gasteiger partial charge in [0, 0.05) is 6.04 Å². The van der Waals surface area contributed by atoms with Gasteiger partial charge < -0.3 is 10.1 Å². The lowest BCUT2D eigenvalue weighted by atomic mass is 9.82. The van der Waals surface area contributed by atoms with Crippen molar-refractivity contribution < 1.29 is 4.74 Å². The molecule has 20 heavy (non-hydrogen) atoms. The van der Waals surface area contributed by atoms with Crippen LogP contribution in [0.3, 0.4) is 0 Å². The second kappa shape index (κ2) is 5.84. The normalized spacial score (nSPS) is 13.4. The van der Waals surface area contributed by atoms with Crippen LogP contribution in [0, 0.1) is 5.41 Å². The first kappa shape index (κ1) is 14.9. The summed E-state index contributed by atoms with van der Waals surface area (Å²) in [6.07, 6.45) is 1.02. The summed E-state index contributed by atoms with van der Waals surface area (Å²) in [5, 5.41) is 6.01. The molecule has 0 aromatic heterocycles. The second-order valence-electron chi connectivity index (χ2n) is 6.42. The van der Waals surface area contributed by atoms with Gasteiger partial charge in [-0.2, -0.15) is 0 Å². The van der Waals surface area contributed by atoms with Gasteiger partial charge in [0.25, 0.3) is 0 Å². The van der Waals surface area contributed by atoms with Gasteiger partial charge in [-0.1, -0.05) is 45.0 Å². The molecule has 0 aliphatic carbocycles. The Kier molecular flexibility index (Phi) is 4.34. The van der Waals surface area contributed by atoms with E-state index in [1.54, 1.807) is 7.11 Å². The molecule has 0 spiro atoms. The molecule has 0 saturated carbocycles. The summed E-state index contributed by atoms with van der Waals surface area (Å²) in [5.74, 6) is 0.918. The lowest BCUT2D eigenvalue weighted by Crippen LogP contribution is -2.39. The van der Waals surface area contributed by atoms with E-state index in [4.69, 9.17) is 4.74 Å². The van der Waals surface area contributed by atoms with Crippen molar-refractivity contribution in [3.05, 3.63) is 42.0 Å². The van der Waals surface area contributed by atoms with Crippen LogP contribution in [0.2, 0.25) is 0 Å². The van der Waals surface area contributed by atoms with E-state index in [0.717, 1.165) is 12.2 Å². The van der Waals surface area contributed by atoms with Crippen LogP contribution in [-0.4, -0.2) is 20.2 Å². The number of hydrogen-bond acceptors (Lipinski definition) is 2. The number of methoxy groups -OCH3 is 1. The van der Waals surface area contributed by atoms with Crippen LogP contribution in [0.5, 0.6) is 5.75 Å². The van der Waals surface area contributed by atoms with E-state index in [9.17, 15) is 0 Å². The molecule has 0 aliphatic heterocycles. The summed E-state index contributed by atoms with van der Waals surface area (Å²) in [6.45, 7) is 6.83. The first-order valence-electron chi connectivity index (χ1n) is 7.18. The van der Waals surface area contributed by atoms with Crippen LogP contribution in [0.1, 0.15) is 26.3 Å². The SMILES string of the molecule is CNC(Cc1cccc2ccc(OC)cc12)C(C)(C)C. The van der Waals surface area contributed by atoms with E-state index in [-0.39, 0.29) is 5.41 Å². The molecule has 0 radical (unpaired) electrons. The number of fused-ring (bicyclic) bond motifs is 1. The molecular formula is C18H25NO. The van der Waals surface area contributed by atoms with Crippen LogP contribution in [0.4, 0.5) is 0 Å². The fraction of sp³-hybridized carbons (Fsp3) is 0.444. The predicted octanol–water partition coefficient (Wildman–Crippen LogP) is 4.03. The second-order valence-corrected chi connectivity index (χ2v) is 6.42. The van der Waals surface area contributed by atoms with Gasteiger partial charge in [-0.15, -0.1) is 0 Å². The number of nitrogens with one attached hydrogen (secondary N) is 1. The van der Waals surface area contributed by atoms with Crippen molar-refractivity contribution in [2.45, 2.75) is 33.2 Å². The summed E-state index contributed by atoms with van der Waals surface area (Å²) in [7, 11) is 3.76. The Morgan fingerprint density at radius 1 is 1.15 bits per heavy atom.